The van der Waals surface area contributed by atoms with Crippen LogP contribution in [-0.2, 0) is 42.7 Å². The van der Waals surface area contributed by atoms with Crippen LogP contribution in [0.1, 0.15) is 105 Å². The predicted octanol–water partition coefficient (Wildman–Crippen LogP) is 12.8. The second-order valence-corrected chi connectivity index (χ2v) is 19.6. The Balaban J connectivity index is 0.00000512. The summed E-state index contributed by atoms with van der Waals surface area (Å²) in [5.74, 6) is 2.06. The SMILES string of the molecule is CC(C)(C)c1cc(-[n+]2[c-]n(-c3[c-]c(Oc4[c-]c5c(cc4)c4ccccc4n5-c4cc(C(C)(C)C)ccn4)ccc3)c3cc(C(C)(C)C)ccc32)cc(C(C)(C)C)c1.[Pt]. The van der Waals surface area contributed by atoms with E-state index in [4.69, 9.17) is 9.72 Å². The predicted molar refractivity (Wildman–Crippen MR) is 235 cm³/mol. The van der Waals surface area contributed by atoms with Gasteiger partial charge in [-0.15, -0.1) is 29.7 Å². The number of nitrogens with zero attached hydrogens (tertiary/aromatic N) is 4. The summed E-state index contributed by atoms with van der Waals surface area (Å²) >= 11 is 0. The molecular weight excluding hydrogens is 892 g/mol. The molecule has 8 rings (SSSR count). The van der Waals surface area contributed by atoms with E-state index in [1.165, 1.54) is 22.3 Å². The van der Waals surface area contributed by atoms with Gasteiger partial charge >= 0.3 is 0 Å². The molecular formula is C52H54N4OPt-2. The number of para-hydroxylation sites is 1. The monoisotopic (exact) mass is 945 g/mol. The molecule has 8 aromatic rings. The minimum Gasteiger partial charge on any atom is -0.510 e. The standard InChI is InChI=1S/C52H54N4O.Pt/c1-49(2,3)34-20-23-45-47(29-34)54(33-55(45)39-27-36(51(7,8)9)26-37(28-39)52(10,11)12)38-16-15-17-40(31-38)57-41-21-22-43-42-18-13-14-19-44(42)56(46(43)32-41)48-30-35(24-25-53-48)50(4,5)6;/h13-30H,1-12H3;/q-2;. The zero-order valence-electron chi connectivity index (χ0n) is 35.9. The molecule has 0 aliphatic heterocycles. The number of pyridine rings is 1. The maximum absolute atomic E-state index is 6.62. The van der Waals surface area contributed by atoms with Crippen LogP contribution < -0.4 is 9.30 Å². The van der Waals surface area contributed by atoms with Gasteiger partial charge < -0.3 is 13.9 Å². The summed E-state index contributed by atoms with van der Waals surface area (Å²) in [6.45, 7) is 27.1. The Morgan fingerprint density at radius 1 is 0.552 bits per heavy atom. The first-order valence-electron chi connectivity index (χ1n) is 20.1. The van der Waals surface area contributed by atoms with Crippen LogP contribution in [0.25, 0.3) is 50.0 Å². The fourth-order valence-corrected chi connectivity index (χ4v) is 7.48. The van der Waals surface area contributed by atoms with Crippen molar-refractivity contribution >= 4 is 32.8 Å². The third-order valence-corrected chi connectivity index (χ3v) is 11.0. The molecule has 0 radical (unpaired) electrons. The number of aromatic nitrogens is 4. The molecule has 0 unspecified atom stereocenters. The maximum Gasteiger partial charge on any atom is 0.268 e. The topological polar surface area (TPSA) is 35.9 Å². The minimum absolute atomic E-state index is 0. The Hall–Kier alpha value is -4.99. The van der Waals surface area contributed by atoms with Gasteiger partial charge in [-0.25, -0.2) is 4.98 Å². The van der Waals surface area contributed by atoms with Gasteiger partial charge in [-0.3, -0.25) is 4.57 Å². The summed E-state index contributed by atoms with van der Waals surface area (Å²) in [6, 6.07) is 43.9. The van der Waals surface area contributed by atoms with Gasteiger partial charge in [-0.2, -0.15) is 18.2 Å². The fourth-order valence-electron chi connectivity index (χ4n) is 7.48. The van der Waals surface area contributed by atoms with Gasteiger partial charge in [-0.1, -0.05) is 125 Å². The van der Waals surface area contributed by atoms with Gasteiger partial charge in [0.25, 0.3) is 6.33 Å². The number of fused-ring (bicyclic) bond motifs is 4. The summed E-state index contributed by atoms with van der Waals surface area (Å²) in [6.07, 6.45) is 5.66. The summed E-state index contributed by atoms with van der Waals surface area (Å²) in [5.41, 5.74) is 11.0. The average molecular weight is 946 g/mol. The van der Waals surface area contributed by atoms with E-state index < -0.39 is 0 Å². The van der Waals surface area contributed by atoms with Gasteiger partial charge in [0.1, 0.15) is 5.82 Å². The molecule has 5 nitrogen and oxygen atoms in total. The van der Waals surface area contributed by atoms with Crippen LogP contribution in [0.2, 0.25) is 0 Å². The van der Waals surface area contributed by atoms with E-state index in [1.807, 2.05) is 24.4 Å². The smallest absolute Gasteiger partial charge is 0.268 e. The van der Waals surface area contributed by atoms with Gasteiger partial charge in [0, 0.05) is 44.3 Å². The number of ether oxygens (including phenoxy) is 1. The first-order chi connectivity index (χ1) is 26.8. The Labute approximate surface area is 359 Å². The molecule has 0 bridgehead atoms. The van der Waals surface area contributed by atoms with E-state index in [9.17, 15) is 0 Å². The third kappa shape index (κ3) is 7.78. The third-order valence-electron chi connectivity index (χ3n) is 11.0. The molecule has 0 N–H and O–H groups in total. The zero-order chi connectivity index (χ0) is 40.7. The number of imidazole rings is 1. The number of hydrogen-bond acceptors (Lipinski definition) is 2. The van der Waals surface area contributed by atoms with Crippen molar-refractivity contribution in [1.82, 2.24) is 14.1 Å². The second-order valence-electron chi connectivity index (χ2n) is 19.6. The van der Waals surface area contributed by atoms with E-state index in [0.29, 0.717) is 11.5 Å². The van der Waals surface area contributed by atoms with Crippen molar-refractivity contribution in [3.63, 3.8) is 0 Å². The first-order valence-corrected chi connectivity index (χ1v) is 20.1. The fraction of sp³-hybridized carbons (Fsp3) is 0.308. The molecule has 0 spiro atoms. The van der Waals surface area contributed by atoms with Crippen LogP contribution in [0.5, 0.6) is 11.5 Å². The van der Waals surface area contributed by atoms with Crippen molar-refractivity contribution in [3.8, 4) is 28.7 Å². The molecule has 3 aromatic heterocycles. The van der Waals surface area contributed by atoms with Crippen molar-refractivity contribution < 1.29 is 30.4 Å². The van der Waals surface area contributed by atoms with E-state index in [-0.39, 0.29) is 42.7 Å². The van der Waals surface area contributed by atoms with Crippen LogP contribution in [0.4, 0.5) is 0 Å². The molecule has 0 fully saturated rings. The summed E-state index contributed by atoms with van der Waals surface area (Å²) in [7, 11) is 0. The number of rotatable bonds is 5. The van der Waals surface area contributed by atoms with E-state index in [2.05, 4.69) is 200 Å². The van der Waals surface area contributed by atoms with Crippen LogP contribution in [0.3, 0.4) is 0 Å². The molecule has 300 valence electrons. The van der Waals surface area contributed by atoms with Crippen molar-refractivity contribution in [2.75, 3.05) is 0 Å². The summed E-state index contributed by atoms with van der Waals surface area (Å²) in [5, 5.41) is 2.24. The van der Waals surface area contributed by atoms with Crippen molar-refractivity contribution in [2.45, 2.75) is 105 Å². The van der Waals surface area contributed by atoms with Crippen LogP contribution in [-0.4, -0.2) is 14.1 Å². The molecule has 0 saturated heterocycles. The molecule has 0 aliphatic carbocycles. The zero-order valence-corrected chi connectivity index (χ0v) is 38.2. The molecule has 0 amide bonds. The van der Waals surface area contributed by atoms with Gasteiger partial charge in [0.15, 0.2) is 0 Å². The minimum atomic E-state index is -0.0329. The second kappa shape index (κ2) is 14.7. The molecule has 5 aromatic carbocycles. The van der Waals surface area contributed by atoms with E-state index in [1.54, 1.807) is 0 Å². The Morgan fingerprint density at radius 2 is 1.19 bits per heavy atom. The number of hydrogen-bond donors (Lipinski definition) is 0. The van der Waals surface area contributed by atoms with Gasteiger partial charge in [0.05, 0.1) is 16.7 Å². The van der Waals surface area contributed by atoms with Gasteiger partial charge in [-0.05, 0) is 91.4 Å². The first kappa shape index (κ1) is 41.2. The molecule has 58 heavy (non-hydrogen) atoms. The molecule has 0 aliphatic rings. The molecule has 0 atom stereocenters. The average Bonchev–Trinajstić information content (AvgIpc) is 3.69. The van der Waals surface area contributed by atoms with Crippen LogP contribution in [0, 0.1) is 18.5 Å². The Bertz CT molecular complexity index is 2780. The molecule has 6 heteroatoms. The van der Waals surface area contributed by atoms with Crippen molar-refractivity contribution in [2.24, 2.45) is 0 Å². The Morgan fingerprint density at radius 3 is 1.86 bits per heavy atom. The van der Waals surface area contributed by atoms with E-state index >= 15 is 0 Å². The molecule has 3 heterocycles. The number of benzene rings is 5. The summed E-state index contributed by atoms with van der Waals surface area (Å²) in [4.78, 5) is 4.85. The van der Waals surface area contributed by atoms with Crippen molar-refractivity contribution in [1.29, 1.82) is 0 Å². The summed E-state index contributed by atoms with van der Waals surface area (Å²) < 4.78 is 13.1. The normalized spacial score (nSPS) is 12.7. The molecule has 0 saturated carbocycles. The largest absolute Gasteiger partial charge is 0.510 e. The van der Waals surface area contributed by atoms with Crippen LogP contribution in [0.15, 0.2) is 109 Å². The Kier molecular flexibility index (Phi) is 10.4. The van der Waals surface area contributed by atoms with Crippen LogP contribution >= 0.6 is 0 Å². The maximum atomic E-state index is 6.62. The van der Waals surface area contributed by atoms with Gasteiger partial charge in [0.2, 0.25) is 0 Å². The van der Waals surface area contributed by atoms with Crippen molar-refractivity contribution in [3.05, 3.63) is 150 Å². The quantitative estimate of drug-likeness (QED) is 0.127. The van der Waals surface area contributed by atoms with E-state index in [0.717, 1.165) is 50.0 Å².